The smallest absolute Gasteiger partial charge is 0.179 e. The lowest BCUT2D eigenvalue weighted by molar-refractivity contribution is 0.0995. The number of nitrogens with zero attached hydrogens (tertiary/aromatic N) is 1. The molecule has 0 fully saturated rings. The molecule has 0 atom stereocenters. The largest absolute Gasteiger partial charge is 0.293 e. The number of thiophene rings is 1. The zero-order valence-electron chi connectivity index (χ0n) is 7.81. The predicted octanol–water partition coefficient (Wildman–Crippen LogP) is 3.33. The van der Waals surface area contributed by atoms with Gasteiger partial charge in [0.25, 0.3) is 0 Å². The molecule has 0 N–H and O–H groups in total. The first kappa shape index (κ1) is 10.5. The van der Waals surface area contributed by atoms with E-state index in [4.69, 9.17) is 0 Å². The molecule has 2 nitrogen and oxygen atoms in total. The zero-order chi connectivity index (χ0) is 10.7. The Hall–Kier alpha value is -1.00. The highest BCUT2D eigenvalue weighted by molar-refractivity contribution is 9.10. The molecule has 0 saturated heterocycles. The summed E-state index contributed by atoms with van der Waals surface area (Å²) in [5.74, 6) is 0.107. The number of hydrogen-bond acceptors (Lipinski definition) is 3. The van der Waals surface area contributed by atoms with Crippen LogP contribution >= 0.6 is 27.3 Å². The van der Waals surface area contributed by atoms with Crippen LogP contribution in [0.2, 0.25) is 0 Å². The molecule has 0 spiro atoms. The lowest BCUT2D eigenvalue weighted by Gasteiger charge is -1.98. The van der Waals surface area contributed by atoms with Gasteiger partial charge in [0, 0.05) is 16.4 Å². The van der Waals surface area contributed by atoms with E-state index in [2.05, 4.69) is 20.9 Å². The lowest BCUT2D eigenvalue weighted by Crippen LogP contribution is -2.03. The molecule has 0 radical (unpaired) electrons. The maximum Gasteiger partial charge on any atom is 0.179 e. The number of rotatable bonds is 3. The normalized spacial score (nSPS) is 10.2. The van der Waals surface area contributed by atoms with Gasteiger partial charge in [-0.25, -0.2) is 0 Å². The van der Waals surface area contributed by atoms with Crippen LogP contribution in [0.1, 0.15) is 15.4 Å². The topological polar surface area (TPSA) is 30.0 Å². The van der Waals surface area contributed by atoms with Crippen LogP contribution in [0.25, 0.3) is 0 Å². The number of Topliss-reactive ketones (excluding diaryl/α,β-unsaturated/α-hetero) is 1. The summed E-state index contributed by atoms with van der Waals surface area (Å²) in [5.41, 5.74) is 0.808. The second kappa shape index (κ2) is 4.68. The first-order valence-corrected chi connectivity index (χ1v) is 6.11. The molecule has 15 heavy (non-hydrogen) atoms. The summed E-state index contributed by atoms with van der Waals surface area (Å²) in [6.07, 6.45) is 2.06. The lowest BCUT2D eigenvalue weighted by atomic mass is 10.2. The molecule has 2 rings (SSSR count). The molecule has 0 aliphatic rings. The van der Waals surface area contributed by atoms with Crippen molar-refractivity contribution in [3.05, 3.63) is 50.9 Å². The quantitative estimate of drug-likeness (QED) is 0.808. The molecule has 2 aromatic heterocycles. The van der Waals surface area contributed by atoms with Crippen molar-refractivity contribution >= 4 is 33.0 Å². The van der Waals surface area contributed by atoms with E-state index < -0.39 is 0 Å². The molecule has 2 heterocycles. The van der Waals surface area contributed by atoms with Gasteiger partial charge in [-0.1, -0.05) is 6.07 Å². The third kappa shape index (κ3) is 2.52. The Morgan fingerprint density at radius 1 is 1.40 bits per heavy atom. The van der Waals surface area contributed by atoms with Gasteiger partial charge in [-0.2, -0.15) is 0 Å². The van der Waals surface area contributed by atoms with Gasteiger partial charge in [0.15, 0.2) is 5.78 Å². The highest BCUT2D eigenvalue weighted by Gasteiger charge is 2.12. The van der Waals surface area contributed by atoms with E-state index in [1.54, 1.807) is 6.20 Å². The number of carbonyl (C=O) groups is 1. The number of halogens is 1. The molecular formula is C11H8BrNOS. The minimum Gasteiger partial charge on any atom is -0.293 e. The van der Waals surface area contributed by atoms with Crippen LogP contribution in [-0.2, 0) is 6.42 Å². The first-order chi connectivity index (χ1) is 7.27. The van der Waals surface area contributed by atoms with E-state index in [0.29, 0.717) is 6.42 Å². The Bertz CT molecular complexity index is 466. The summed E-state index contributed by atoms with van der Waals surface area (Å²) in [7, 11) is 0. The number of pyridine rings is 1. The zero-order valence-corrected chi connectivity index (χ0v) is 10.2. The third-order valence-corrected chi connectivity index (χ3v) is 3.82. The fourth-order valence-corrected chi connectivity index (χ4v) is 2.77. The molecule has 76 valence electrons. The maximum atomic E-state index is 11.8. The van der Waals surface area contributed by atoms with Gasteiger partial charge in [-0.15, -0.1) is 11.3 Å². The number of ketones is 1. The van der Waals surface area contributed by atoms with Crippen molar-refractivity contribution < 1.29 is 4.79 Å². The second-order valence-electron chi connectivity index (χ2n) is 3.02. The molecule has 0 aliphatic heterocycles. The Kier molecular flexibility index (Phi) is 3.28. The highest BCUT2D eigenvalue weighted by atomic mass is 79.9. The maximum absolute atomic E-state index is 11.8. The van der Waals surface area contributed by atoms with Crippen molar-refractivity contribution in [2.24, 2.45) is 0 Å². The minimum atomic E-state index is 0.107. The van der Waals surface area contributed by atoms with Gasteiger partial charge in [0.05, 0.1) is 11.3 Å². The Morgan fingerprint density at radius 3 is 2.87 bits per heavy atom. The molecule has 0 bridgehead atoms. The fourth-order valence-electron chi connectivity index (χ4n) is 1.24. The van der Waals surface area contributed by atoms with Crippen LogP contribution < -0.4 is 0 Å². The molecule has 0 amide bonds. The van der Waals surface area contributed by atoms with Crippen molar-refractivity contribution in [3.63, 3.8) is 0 Å². The average Bonchev–Trinajstić information content (AvgIpc) is 2.66. The SMILES string of the molecule is O=C(Cc1ccccn1)c1sccc1Br. The molecule has 0 aliphatic carbocycles. The van der Waals surface area contributed by atoms with E-state index in [0.717, 1.165) is 15.0 Å². The molecule has 4 heteroatoms. The van der Waals surface area contributed by atoms with E-state index in [9.17, 15) is 4.79 Å². The monoisotopic (exact) mass is 281 g/mol. The first-order valence-electron chi connectivity index (χ1n) is 4.43. The number of hydrogen-bond donors (Lipinski definition) is 0. The van der Waals surface area contributed by atoms with Gasteiger partial charge in [-0.3, -0.25) is 9.78 Å². The van der Waals surface area contributed by atoms with Crippen LogP contribution in [-0.4, -0.2) is 10.8 Å². The predicted molar refractivity (Wildman–Crippen MR) is 64.3 cm³/mol. The summed E-state index contributed by atoms with van der Waals surface area (Å²) in [4.78, 5) is 16.7. The molecule has 2 aromatic rings. The van der Waals surface area contributed by atoms with Crippen LogP contribution in [0.4, 0.5) is 0 Å². The van der Waals surface area contributed by atoms with E-state index >= 15 is 0 Å². The Morgan fingerprint density at radius 2 is 2.27 bits per heavy atom. The van der Waals surface area contributed by atoms with Gasteiger partial charge in [0.2, 0.25) is 0 Å². The molecule has 0 unspecified atom stereocenters. The number of aromatic nitrogens is 1. The summed E-state index contributed by atoms with van der Waals surface area (Å²) in [5, 5.41) is 1.90. The second-order valence-corrected chi connectivity index (χ2v) is 4.79. The Labute approximate surface area is 100 Å². The van der Waals surface area contributed by atoms with E-state index in [1.807, 2.05) is 29.6 Å². The molecular weight excluding hydrogens is 274 g/mol. The highest BCUT2D eigenvalue weighted by Crippen LogP contribution is 2.23. The van der Waals surface area contributed by atoms with Crippen LogP contribution in [0.15, 0.2) is 40.3 Å². The third-order valence-electron chi connectivity index (χ3n) is 1.94. The van der Waals surface area contributed by atoms with Crippen molar-refractivity contribution in [2.75, 3.05) is 0 Å². The van der Waals surface area contributed by atoms with Gasteiger partial charge >= 0.3 is 0 Å². The van der Waals surface area contributed by atoms with Crippen LogP contribution in [0.5, 0.6) is 0 Å². The average molecular weight is 282 g/mol. The van der Waals surface area contributed by atoms with E-state index in [1.165, 1.54) is 11.3 Å². The fraction of sp³-hybridized carbons (Fsp3) is 0.0909. The summed E-state index contributed by atoms with van der Waals surface area (Å²) < 4.78 is 0.869. The van der Waals surface area contributed by atoms with Crippen LogP contribution in [0.3, 0.4) is 0 Å². The summed E-state index contributed by atoms with van der Waals surface area (Å²) in [6.45, 7) is 0. The van der Waals surface area contributed by atoms with Crippen LogP contribution in [0, 0.1) is 0 Å². The van der Waals surface area contributed by atoms with Gasteiger partial charge < -0.3 is 0 Å². The summed E-state index contributed by atoms with van der Waals surface area (Å²) >= 11 is 4.80. The van der Waals surface area contributed by atoms with Crippen molar-refractivity contribution in [3.8, 4) is 0 Å². The summed E-state index contributed by atoms with van der Waals surface area (Å²) in [6, 6.07) is 7.48. The standard InChI is InChI=1S/C11H8BrNOS/c12-9-4-6-15-11(9)10(14)7-8-3-1-2-5-13-8/h1-6H,7H2. The van der Waals surface area contributed by atoms with Gasteiger partial charge in [0.1, 0.15) is 0 Å². The minimum absolute atomic E-state index is 0.107. The van der Waals surface area contributed by atoms with Crippen molar-refractivity contribution in [1.29, 1.82) is 0 Å². The number of carbonyl (C=O) groups excluding carboxylic acids is 1. The Balaban J connectivity index is 2.15. The van der Waals surface area contributed by atoms with Crippen molar-refractivity contribution in [1.82, 2.24) is 4.98 Å². The van der Waals surface area contributed by atoms with Crippen molar-refractivity contribution in [2.45, 2.75) is 6.42 Å². The van der Waals surface area contributed by atoms with Gasteiger partial charge in [-0.05, 0) is 39.5 Å². The molecule has 0 saturated carbocycles. The van der Waals surface area contributed by atoms with E-state index in [-0.39, 0.29) is 5.78 Å². The molecule has 0 aromatic carbocycles.